The van der Waals surface area contributed by atoms with Gasteiger partial charge in [0.1, 0.15) is 0 Å². The van der Waals surface area contributed by atoms with Crippen molar-refractivity contribution in [2.45, 2.75) is 13.0 Å². The molecule has 1 heterocycles. The van der Waals surface area contributed by atoms with Crippen molar-refractivity contribution in [2.75, 3.05) is 38.1 Å². The second-order valence-electron chi connectivity index (χ2n) is 4.53. The summed E-state index contributed by atoms with van der Waals surface area (Å²) in [6.07, 6.45) is -0.393. The van der Waals surface area contributed by atoms with E-state index in [1.54, 1.807) is 0 Å². The Labute approximate surface area is 97.3 Å². The van der Waals surface area contributed by atoms with Crippen molar-refractivity contribution in [3.05, 3.63) is 29.8 Å². The third-order valence-corrected chi connectivity index (χ3v) is 3.23. The average molecular weight is 220 g/mol. The molecule has 1 saturated heterocycles. The van der Waals surface area contributed by atoms with Crippen molar-refractivity contribution in [1.29, 1.82) is 0 Å². The van der Waals surface area contributed by atoms with Gasteiger partial charge < -0.3 is 14.9 Å². The van der Waals surface area contributed by atoms with Crippen molar-refractivity contribution >= 4 is 5.69 Å². The predicted octanol–water partition coefficient (Wildman–Crippen LogP) is 1.49. The minimum Gasteiger partial charge on any atom is -0.389 e. The summed E-state index contributed by atoms with van der Waals surface area (Å²) in [5.74, 6) is 0. The molecule has 3 nitrogen and oxygen atoms in total. The molecule has 16 heavy (non-hydrogen) atoms. The molecule has 88 valence electrons. The lowest BCUT2D eigenvalue weighted by Crippen LogP contribution is -2.44. The van der Waals surface area contributed by atoms with Crippen LogP contribution in [0.2, 0.25) is 0 Å². The Morgan fingerprint density at radius 3 is 2.38 bits per heavy atom. The lowest BCUT2D eigenvalue weighted by molar-refractivity contribution is 0.199. The highest BCUT2D eigenvalue weighted by molar-refractivity contribution is 5.54. The van der Waals surface area contributed by atoms with Crippen LogP contribution in [0.5, 0.6) is 0 Å². The minimum atomic E-state index is -0.393. The third-order valence-electron chi connectivity index (χ3n) is 3.23. The number of aliphatic hydroxyl groups is 1. The first-order chi connectivity index (χ1) is 7.68. The van der Waals surface area contributed by atoms with E-state index < -0.39 is 6.10 Å². The van der Waals surface area contributed by atoms with Crippen LogP contribution in [0.15, 0.2) is 24.3 Å². The topological polar surface area (TPSA) is 26.7 Å². The zero-order chi connectivity index (χ0) is 11.5. The van der Waals surface area contributed by atoms with Crippen molar-refractivity contribution < 1.29 is 5.11 Å². The lowest BCUT2D eigenvalue weighted by atomic mass is 10.1. The summed E-state index contributed by atoms with van der Waals surface area (Å²) in [5, 5.41) is 9.75. The number of hydrogen-bond donors (Lipinski definition) is 1. The molecular weight excluding hydrogens is 200 g/mol. The molecule has 1 N–H and O–H groups in total. The fourth-order valence-corrected chi connectivity index (χ4v) is 2.18. The summed E-state index contributed by atoms with van der Waals surface area (Å²) in [5.41, 5.74) is 2.22. The summed E-state index contributed by atoms with van der Waals surface area (Å²) in [6.45, 7) is 6.09. The monoisotopic (exact) mass is 220 g/mol. The van der Waals surface area contributed by atoms with Crippen molar-refractivity contribution in [1.82, 2.24) is 4.90 Å². The highest BCUT2D eigenvalue weighted by Crippen LogP contribution is 2.26. The zero-order valence-corrected chi connectivity index (χ0v) is 10.1. The Morgan fingerprint density at radius 1 is 1.12 bits per heavy atom. The Hall–Kier alpha value is -1.06. The second kappa shape index (κ2) is 4.85. The maximum absolute atomic E-state index is 9.75. The quantitative estimate of drug-likeness (QED) is 0.818. The molecular formula is C13H20N2O. The number of piperazine rings is 1. The number of anilines is 1. The molecule has 0 spiro atoms. The highest BCUT2D eigenvalue weighted by Gasteiger charge is 2.17. The average Bonchev–Trinajstić information content (AvgIpc) is 2.30. The summed E-state index contributed by atoms with van der Waals surface area (Å²) < 4.78 is 0. The van der Waals surface area contributed by atoms with Gasteiger partial charge in [-0.15, -0.1) is 0 Å². The molecule has 0 saturated carbocycles. The SMILES string of the molecule is CC(O)c1ccccc1N1CCN(C)CC1. The summed E-state index contributed by atoms with van der Waals surface area (Å²) >= 11 is 0. The Kier molecular flexibility index (Phi) is 3.46. The Bertz CT molecular complexity index is 344. The maximum Gasteiger partial charge on any atom is 0.0781 e. The zero-order valence-electron chi connectivity index (χ0n) is 10.1. The normalized spacial score (nSPS) is 19.8. The third kappa shape index (κ3) is 2.36. The van der Waals surface area contributed by atoms with Crippen molar-refractivity contribution in [3.8, 4) is 0 Å². The lowest BCUT2D eigenvalue weighted by Gasteiger charge is -2.35. The molecule has 1 aromatic rings. The van der Waals surface area contributed by atoms with Crippen LogP contribution in [0.25, 0.3) is 0 Å². The van der Waals surface area contributed by atoms with Crippen LogP contribution in [-0.4, -0.2) is 43.2 Å². The molecule has 1 unspecified atom stereocenters. The van der Waals surface area contributed by atoms with E-state index in [2.05, 4.69) is 22.9 Å². The standard InChI is InChI=1S/C13H20N2O/c1-11(16)12-5-3-4-6-13(12)15-9-7-14(2)8-10-15/h3-6,11,16H,7-10H2,1-2H3. The van der Waals surface area contributed by atoms with Gasteiger partial charge in [-0.05, 0) is 20.0 Å². The molecule has 3 heteroatoms. The summed E-state index contributed by atoms with van der Waals surface area (Å²) in [4.78, 5) is 4.70. The fourth-order valence-electron chi connectivity index (χ4n) is 2.18. The fraction of sp³-hybridized carbons (Fsp3) is 0.538. The van der Waals surface area contributed by atoms with Gasteiger partial charge in [0.05, 0.1) is 6.10 Å². The first kappa shape index (κ1) is 11.4. The van der Waals surface area contributed by atoms with Crippen LogP contribution in [0, 0.1) is 0 Å². The minimum absolute atomic E-state index is 0.393. The molecule has 0 amide bonds. The first-order valence-electron chi connectivity index (χ1n) is 5.89. The number of aliphatic hydroxyl groups excluding tert-OH is 1. The van der Waals surface area contributed by atoms with Gasteiger partial charge in [0, 0.05) is 37.4 Å². The van der Waals surface area contributed by atoms with Crippen LogP contribution in [0.1, 0.15) is 18.6 Å². The number of para-hydroxylation sites is 1. The van der Waals surface area contributed by atoms with Gasteiger partial charge in [-0.3, -0.25) is 0 Å². The van der Waals surface area contributed by atoms with E-state index in [0.717, 1.165) is 31.7 Å². The van der Waals surface area contributed by atoms with Crippen LogP contribution < -0.4 is 4.90 Å². The number of hydrogen-bond acceptors (Lipinski definition) is 3. The smallest absolute Gasteiger partial charge is 0.0781 e. The number of nitrogens with zero attached hydrogens (tertiary/aromatic N) is 2. The van der Waals surface area contributed by atoms with E-state index in [1.165, 1.54) is 5.69 Å². The largest absolute Gasteiger partial charge is 0.389 e. The highest BCUT2D eigenvalue weighted by atomic mass is 16.3. The number of rotatable bonds is 2. The van der Waals surface area contributed by atoms with E-state index >= 15 is 0 Å². The van der Waals surface area contributed by atoms with Gasteiger partial charge in [0.2, 0.25) is 0 Å². The van der Waals surface area contributed by atoms with Gasteiger partial charge >= 0.3 is 0 Å². The molecule has 0 aromatic heterocycles. The Morgan fingerprint density at radius 2 is 1.75 bits per heavy atom. The van der Waals surface area contributed by atoms with Gasteiger partial charge in [-0.2, -0.15) is 0 Å². The predicted molar refractivity (Wildman–Crippen MR) is 66.8 cm³/mol. The van der Waals surface area contributed by atoms with Crippen LogP contribution >= 0.6 is 0 Å². The van der Waals surface area contributed by atoms with E-state index in [4.69, 9.17) is 0 Å². The van der Waals surface area contributed by atoms with Crippen LogP contribution in [-0.2, 0) is 0 Å². The molecule has 2 rings (SSSR count). The van der Waals surface area contributed by atoms with Crippen LogP contribution in [0.3, 0.4) is 0 Å². The van der Waals surface area contributed by atoms with E-state index in [0.29, 0.717) is 0 Å². The molecule has 1 aliphatic heterocycles. The molecule has 0 aliphatic carbocycles. The first-order valence-corrected chi connectivity index (χ1v) is 5.89. The summed E-state index contributed by atoms with van der Waals surface area (Å²) in [6, 6.07) is 8.15. The molecule has 0 bridgehead atoms. The van der Waals surface area contributed by atoms with E-state index in [9.17, 15) is 5.11 Å². The number of likely N-dealkylation sites (N-methyl/N-ethyl adjacent to an activating group) is 1. The van der Waals surface area contributed by atoms with E-state index in [1.807, 2.05) is 25.1 Å². The molecule has 0 radical (unpaired) electrons. The maximum atomic E-state index is 9.75. The molecule has 1 fully saturated rings. The Balaban J connectivity index is 2.19. The van der Waals surface area contributed by atoms with Crippen LogP contribution in [0.4, 0.5) is 5.69 Å². The second-order valence-corrected chi connectivity index (χ2v) is 4.53. The molecule has 1 atom stereocenters. The van der Waals surface area contributed by atoms with Crippen molar-refractivity contribution in [2.24, 2.45) is 0 Å². The summed E-state index contributed by atoms with van der Waals surface area (Å²) in [7, 11) is 2.15. The molecule has 1 aromatic carbocycles. The van der Waals surface area contributed by atoms with Gasteiger partial charge in [0.25, 0.3) is 0 Å². The van der Waals surface area contributed by atoms with Gasteiger partial charge in [-0.25, -0.2) is 0 Å². The van der Waals surface area contributed by atoms with Gasteiger partial charge in [0.15, 0.2) is 0 Å². The number of benzene rings is 1. The molecule has 1 aliphatic rings. The van der Waals surface area contributed by atoms with Crippen molar-refractivity contribution in [3.63, 3.8) is 0 Å². The van der Waals surface area contributed by atoms with Gasteiger partial charge in [-0.1, -0.05) is 18.2 Å². The van der Waals surface area contributed by atoms with E-state index in [-0.39, 0.29) is 0 Å².